The summed E-state index contributed by atoms with van der Waals surface area (Å²) in [7, 11) is -3.84. The molecule has 0 bridgehead atoms. The molecule has 0 radical (unpaired) electrons. The molecule has 9 nitrogen and oxygen atoms in total. The summed E-state index contributed by atoms with van der Waals surface area (Å²) >= 11 is 1.20. The van der Waals surface area contributed by atoms with Crippen molar-refractivity contribution in [1.82, 2.24) is 20.2 Å². The van der Waals surface area contributed by atoms with Gasteiger partial charge in [0, 0.05) is 12.1 Å². The number of fused-ring (bicyclic) bond motifs is 1. The molecular formula is C18H27N5O4S2. The van der Waals surface area contributed by atoms with E-state index in [1.54, 1.807) is 13.0 Å². The molecule has 0 aliphatic carbocycles. The molecule has 0 saturated heterocycles. The average molecular weight is 442 g/mol. The normalized spacial score (nSPS) is 13.3. The standard InChI is InChI=1S/C18H27N5O4S2/c1-6-9-23-14-8-7-12(29(19,26)27)10-13(14)20-17(23)28-11(2)15(24)21-16(25)22-18(3,4)5/h7-8,10-11H,6,9H2,1-5H3,(H2,19,26,27)(H2,21,22,24,25)/t11-/m1/s1. The number of hydrogen-bond acceptors (Lipinski definition) is 6. The summed E-state index contributed by atoms with van der Waals surface area (Å²) in [5.41, 5.74) is 0.766. The van der Waals surface area contributed by atoms with Gasteiger partial charge in [-0.2, -0.15) is 0 Å². The molecule has 1 heterocycles. The lowest BCUT2D eigenvalue weighted by atomic mass is 10.1. The number of urea groups is 1. The SMILES string of the molecule is CCCn1c(S[C@H](C)C(=O)NC(=O)NC(C)(C)C)nc2cc(S(N)(=O)=O)ccc21. The number of aryl methyl sites for hydroxylation is 1. The number of rotatable bonds is 6. The first-order valence-electron chi connectivity index (χ1n) is 9.14. The van der Waals surface area contributed by atoms with E-state index in [9.17, 15) is 18.0 Å². The van der Waals surface area contributed by atoms with E-state index in [2.05, 4.69) is 15.6 Å². The van der Waals surface area contributed by atoms with Gasteiger partial charge < -0.3 is 9.88 Å². The molecule has 29 heavy (non-hydrogen) atoms. The topological polar surface area (TPSA) is 136 Å². The third-order valence-corrected chi connectivity index (χ3v) is 5.84. The first-order chi connectivity index (χ1) is 13.3. The summed E-state index contributed by atoms with van der Waals surface area (Å²) in [6.45, 7) is 9.78. The second-order valence-electron chi connectivity index (χ2n) is 7.70. The van der Waals surface area contributed by atoms with Crippen LogP contribution < -0.4 is 15.8 Å². The summed E-state index contributed by atoms with van der Waals surface area (Å²) in [4.78, 5) is 28.8. The predicted molar refractivity (Wildman–Crippen MR) is 113 cm³/mol. The second kappa shape index (κ2) is 8.72. The number of carbonyl (C=O) groups is 2. The number of imidazole rings is 1. The van der Waals surface area contributed by atoms with Crippen LogP contribution in [0, 0.1) is 0 Å². The predicted octanol–water partition coefficient (Wildman–Crippen LogP) is 2.20. The highest BCUT2D eigenvalue weighted by Crippen LogP contribution is 2.29. The van der Waals surface area contributed by atoms with Gasteiger partial charge in [-0.05, 0) is 52.3 Å². The fourth-order valence-electron chi connectivity index (χ4n) is 2.59. The largest absolute Gasteiger partial charge is 0.333 e. The van der Waals surface area contributed by atoms with E-state index in [-0.39, 0.29) is 4.90 Å². The molecule has 0 aliphatic heterocycles. The van der Waals surface area contributed by atoms with E-state index >= 15 is 0 Å². The lowest BCUT2D eigenvalue weighted by Crippen LogP contribution is -2.49. The first-order valence-corrected chi connectivity index (χ1v) is 11.6. The Morgan fingerprint density at radius 2 is 1.97 bits per heavy atom. The van der Waals surface area contributed by atoms with Gasteiger partial charge in [-0.25, -0.2) is 23.3 Å². The molecular weight excluding hydrogens is 414 g/mol. The van der Waals surface area contributed by atoms with E-state index in [4.69, 9.17) is 5.14 Å². The number of hydrogen-bond donors (Lipinski definition) is 3. The minimum atomic E-state index is -3.84. The molecule has 11 heteroatoms. The van der Waals surface area contributed by atoms with Gasteiger partial charge in [0.1, 0.15) is 0 Å². The van der Waals surface area contributed by atoms with Gasteiger partial charge in [0.15, 0.2) is 5.16 Å². The first kappa shape index (κ1) is 23.2. The highest BCUT2D eigenvalue weighted by atomic mass is 32.2. The number of carbonyl (C=O) groups excluding carboxylic acids is 2. The number of nitrogens with zero attached hydrogens (tertiary/aromatic N) is 2. The number of thioether (sulfide) groups is 1. The number of primary sulfonamides is 1. The maximum Gasteiger partial charge on any atom is 0.321 e. The van der Waals surface area contributed by atoms with Crippen molar-refractivity contribution in [3.05, 3.63) is 18.2 Å². The van der Waals surface area contributed by atoms with E-state index < -0.39 is 32.8 Å². The second-order valence-corrected chi connectivity index (χ2v) is 10.6. The molecule has 0 aliphatic rings. The monoisotopic (exact) mass is 441 g/mol. The van der Waals surface area contributed by atoms with Crippen LogP contribution in [0.5, 0.6) is 0 Å². The van der Waals surface area contributed by atoms with Crippen LogP contribution in [0.15, 0.2) is 28.3 Å². The molecule has 3 amide bonds. The Balaban J connectivity index is 2.26. The Kier molecular flexibility index (Phi) is 6.97. The third kappa shape index (κ3) is 6.18. The Morgan fingerprint density at radius 1 is 1.31 bits per heavy atom. The minimum Gasteiger partial charge on any atom is -0.333 e. The number of sulfonamides is 1. The maximum atomic E-state index is 12.4. The Bertz CT molecular complexity index is 1020. The fourth-order valence-corrected chi connectivity index (χ4v) is 4.07. The van der Waals surface area contributed by atoms with E-state index in [0.29, 0.717) is 17.2 Å². The molecule has 160 valence electrons. The van der Waals surface area contributed by atoms with Crippen LogP contribution in [0.25, 0.3) is 11.0 Å². The summed E-state index contributed by atoms with van der Waals surface area (Å²) in [5.74, 6) is -0.447. The van der Waals surface area contributed by atoms with Gasteiger partial charge in [-0.3, -0.25) is 10.1 Å². The van der Waals surface area contributed by atoms with Gasteiger partial charge in [0.2, 0.25) is 15.9 Å². The smallest absolute Gasteiger partial charge is 0.321 e. The van der Waals surface area contributed by atoms with Crippen LogP contribution in [0.1, 0.15) is 41.0 Å². The summed E-state index contributed by atoms with van der Waals surface area (Å²) in [5, 5.41) is 10.2. The lowest BCUT2D eigenvalue weighted by Gasteiger charge is -2.21. The Labute approximate surface area is 174 Å². The van der Waals surface area contributed by atoms with Gasteiger partial charge in [0.05, 0.1) is 21.2 Å². The summed E-state index contributed by atoms with van der Waals surface area (Å²) < 4.78 is 25.1. The molecule has 2 aromatic rings. The molecule has 0 unspecified atom stereocenters. The molecule has 0 saturated carbocycles. The van der Waals surface area contributed by atoms with Crippen molar-refractivity contribution in [2.24, 2.45) is 5.14 Å². The van der Waals surface area contributed by atoms with Crippen LogP contribution in [-0.2, 0) is 21.4 Å². The number of benzene rings is 1. The quantitative estimate of drug-likeness (QED) is 0.588. The van der Waals surface area contributed by atoms with Crippen molar-refractivity contribution in [2.45, 2.75) is 68.4 Å². The van der Waals surface area contributed by atoms with Crippen LogP contribution in [-0.4, -0.2) is 40.7 Å². The molecule has 1 aromatic heterocycles. The van der Waals surface area contributed by atoms with Crippen molar-refractivity contribution >= 4 is 44.8 Å². The average Bonchev–Trinajstić information content (AvgIpc) is 2.89. The number of nitrogens with one attached hydrogen (secondary N) is 2. The molecule has 2 rings (SSSR count). The van der Waals surface area contributed by atoms with Gasteiger partial charge in [0.25, 0.3) is 0 Å². The lowest BCUT2D eigenvalue weighted by molar-refractivity contribution is -0.119. The molecule has 1 atom stereocenters. The summed E-state index contributed by atoms with van der Waals surface area (Å²) in [6.07, 6.45) is 0.824. The molecule has 0 fully saturated rings. The Hall–Kier alpha value is -2.11. The highest BCUT2D eigenvalue weighted by Gasteiger charge is 2.23. The van der Waals surface area contributed by atoms with Crippen molar-refractivity contribution < 1.29 is 18.0 Å². The zero-order valence-electron chi connectivity index (χ0n) is 17.1. The number of aromatic nitrogens is 2. The summed E-state index contributed by atoms with van der Waals surface area (Å²) in [6, 6.07) is 3.95. The van der Waals surface area contributed by atoms with Crippen LogP contribution >= 0.6 is 11.8 Å². The van der Waals surface area contributed by atoms with Gasteiger partial charge in [-0.15, -0.1) is 0 Å². The van der Waals surface area contributed by atoms with Crippen LogP contribution in [0.2, 0.25) is 0 Å². The van der Waals surface area contributed by atoms with Crippen molar-refractivity contribution in [3.63, 3.8) is 0 Å². The third-order valence-electron chi connectivity index (χ3n) is 3.84. The van der Waals surface area contributed by atoms with Crippen molar-refractivity contribution in [3.8, 4) is 0 Å². The van der Waals surface area contributed by atoms with Gasteiger partial charge >= 0.3 is 6.03 Å². The molecule has 0 spiro atoms. The number of nitrogens with two attached hydrogens (primary N) is 1. The number of imide groups is 1. The zero-order valence-corrected chi connectivity index (χ0v) is 18.8. The van der Waals surface area contributed by atoms with Gasteiger partial charge in [-0.1, -0.05) is 18.7 Å². The minimum absolute atomic E-state index is 0.0210. The highest BCUT2D eigenvalue weighted by molar-refractivity contribution is 8.00. The molecule has 4 N–H and O–H groups in total. The van der Waals surface area contributed by atoms with E-state index in [0.717, 1.165) is 11.9 Å². The van der Waals surface area contributed by atoms with Crippen molar-refractivity contribution in [1.29, 1.82) is 0 Å². The zero-order chi connectivity index (χ0) is 22.0. The maximum absolute atomic E-state index is 12.4. The van der Waals surface area contributed by atoms with E-state index in [1.165, 1.54) is 23.9 Å². The molecule has 1 aromatic carbocycles. The van der Waals surface area contributed by atoms with Crippen molar-refractivity contribution in [2.75, 3.05) is 0 Å². The fraction of sp³-hybridized carbons (Fsp3) is 0.500. The van der Waals surface area contributed by atoms with Crippen LogP contribution in [0.4, 0.5) is 4.79 Å². The Morgan fingerprint density at radius 3 is 2.52 bits per heavy atom. The number of amides is 3. The van der Waals surface area contributed by atoms with E-state index in [1.807, 2.05) is 32.3 Å². The van der Waals surface area contributed by atoms with Crippen LogP contribution in [0.3, 0.4) is 0 Å².